The van der Waals surface area contributed by atoms with Gasteiger partial charge in [-0.15, -0.1) is 11.3 Å². The van der Waals surface area contributed by atoms with Crippen molar-refractivity contribution in [2.45, 2.75) is 25.3 Å². The second kappa shape index (κ2) is 7.90. The molecule has 1 heterocycles. The van der Waals surface area contributed by atoms with Gasteiger partial charge in [-0.3, -0.25) is 4.79 Å². The lowest BCUT2D eigenvalue weighted by Gasteiger charge is -2.20. The highest BCUT2D eigenvalue weighted by atomic mass is 32.1. The Hall–Kier alpha value is -1.72. The highest BCUT2D eigenvalue weighted by Crippen LogP contribution is 2.22. The minimum absolute atomic E-state index is 0.167. The first-order valence-corrected chi connectivity index (χ1v) is 7.89. The molecule has 1 aromatic carbocycles. The van der Waals surface area contributed by atoms with Crippen molar-refractivity contribution < 1.29 is 9.53 Å². The van der Waals surface area contributed by atoms with Gasteiger partial charge in [0, 0.05) is 18.1 Å². The van der Waals surface area contributed by atoms with Gasteiger partial charge < -0.3 is 10.1 Å². The molecule has 0 saturated carbocycles. The van der Waals surface area contributed by atoms with E-state index in [2.05, 4.69) is 17.2 Å². The second-order valence-corrected chi connectivity index (χ2v) is 5.65. The number of esters is 1. The van der Waals surface area contributed by atoms with Crippen LogP contribution in [0.3, 0.4) is 0 Å². The zero-order valence-electron chi connectivity index (χ0n) is 12.3. The molecule has 21 heavy (non-hydrogen) atoms. The van der Waals surface area contributed by atoms with Gasteiger partial charge in [0.15, 0.2) is 0 Å². The highest BCUT2D eigenvalue weighted by molar-refractivity contribution is 7.09. The van der Waals surface area contributed by atoms with E-state index in [0.29, 0.717) is 6.54 Å². The number of thiazole rings is 1. The fourth-order valence-electron chi connectivity index (χ4n) is 2.24. The fourth-order valence-corrected chi connectivity index (χ4v) is 3.03. The molecule has 112 valence electrons. The normalized spacial score (nSPS) is 13.6. The van der Waals surface area contributed by atoms with Crippen molar-refractivity contribution in [3.8, 4) is 0 Å². The lowest BCUT2D eigenvalue weighted by Crippen LogP contribution is -2.30. The standard InChI is InChI=1S/C16H20N2O2S/c1-3-14(15-17-9-10-21-15)18-11-13(16(19)20-2)12-7-5-4-6-8-12/h4-10,13-14,18H,3,11H2,1-2H3. The van der Waals surface area contributed by atoms with Gasteiger partial charge in [0.25, 0.3) is 0 Å². The van der Waals surface area contributed by atoms with Crippen LogP contribution in [0.25, 0.3) is 0 Å². The zero-order chi connectivity index (χ0) is 15.1. The molecule has 1 aromatic heterocycles. The van der Waals surface area contributed by atoms with Crippen molar-refractivity contribution in [3.05, 3.63) is 52.5 Å². The Labute approximate surface area is 129 Å². The molecule has 2 unspecified atom stereocenters. The monoisotopic (exact) mass is 304 g/mol. The summed E-state index contributed by atoms with van der Waals surface area (Å²) in [7, 11) is 1.43. The van der Waals surface area contributed by atoms with E-state index in [0.717, 1.165) is 17.0 Å². The molecular weight excluding hydrogens is 284 g/mol. The van der Waals surface area contributed by atoms with Crippen molar-refractivity contribution in [2.75, 3.05) is 13.7 Å². The van der Waals surface area contributed by atoms with Crippen LogP contribution in [0.15, 0.2) is 41.9 Å². The van der Waals surface area contributed by atoms with Gasteiger partial charge >= 0.3 is 5.97 Å². The number of methoxy groups -OCH3 is 1. The zero-order valence-corrected chi connectivity index (χ0v) is 13.1. The number of hydrogen-bond donors (Lipinski definition) is 1. The minimum Gasteiger partial charge on any atom is -0.469 e. The maximum absolute atomic E-state index is 12.0. The molecule has 0 bridgehead atoms. The lowest BCUT2D eigenvalue weighted by atomic mass is 9.99. The molecule has 0 aliphatic rings. The van der Waals surface area contributed by atoms with Crippen LogP contribution < -0.4 is 5.32 Å². The summed E-state index contributed by atoms with van der Waals surface area (Å²) in [6.07, 6.45) is 2.73. The van der Waals surface area contributed by atoms with Gasteiger partial charge in [0.1, 0.15) is 5.01 Å². The molecule has 0 amide bonds. The Bertz CT molecular complexity index is 543. The number of hydrogen-bond acceptors (Lipinski definition) is 5. The van der Waals surface area contributed by atoms with Gasteiger partial charge in [-0.2, -0.15) is 0 Å². The summed E-state index contributed by atoms with van der Waals surface area (Å²) in [5, 5.41) is 6.45. The van der Waals surface area contributed by atoms with Crippen molar-refractivity contribution >= 4 is 17.3 Å². The fraction of sp³-hybridized carbons (Fsp3) is 0.375. The van der Waals surface area contributed by atoms with Crippen LogP contribution in [-0.4, -0.2) is 24.6 Å². The summed E-state index contributed by atoms with van der Waals surface area (Å²) >= 11 is 1.63. The van der Waals surface area contributed by atoms with E-state index < -0.39 is 0 Å². The van der Waals surface area contributed by atoms with Crippen LogP contribution in [0.5, 0.6) is 0 Å². The first-order chi connectivity index (χ1) is 10.3. The van der Waals surface area contributed by atoms with E-state index in [-0.39, 0.29) is 17.9 Å². The number of nitrogens with one attached hydrogen (secondary N) is 1. The molecule has 0 radical (unpaired) electrons. The number of aromatic nitrogens is 1. The Kier molecular flexibility index (Phi) is 5.90. The summed E-state index contributed by atoms with van der Waals surface area (Å²) in [6, 6.07) is 9.88. The maximum Gasteiger partial charge on any atom is 0.314 e. The second-order valence-electron chi connectivity index (χ2n) is 4.73. The Morgan fingerprint density at radius 3 is 2.71 bits per heavy atom. The van der Waals surface area contributed by atoms with E-state index in [1.165, 1.54) is 7.11 Å². The van der Waals surface area contributed by atoms with Crippen LogP contribution in [0.4, 0.5) is 0 Å². The van der Waals surface area contributed by atoms with E-state index >= 15 is 0 Å². The molecule has 5 heteroatoms. The van der Waals surface area contributed by atoms with Crippen LogP contribution in [-0.2, 0) is 9.53 Å². The van der Waals surface area contributed by atoms with E-state index in [1.807, 2.05) is 35.7 Å². The molecule has 2 aromatic rings. The first kappa shape index (κ1) is 15.7. The van der Waals surface area contributed by atoms with Crippen molar-refractivity contribution in [1.29, 1.82) is 0 Å². The molecule has 0 spiro atoms. The molecule has 0 aliphatic heterocycles. The largest absolute Gasteiger partial charge is 0.469 e. The van der Waals surface area contributed by atoms with Gasteiger partial charge in [0.2, 0.25) is 0 Å². The number of carbonyl (C=O) groups is 1. The molecule has 1 N–H and O–H groups in total. The minimum atomic E-state index is -0.301. The van der Waals surface area contributed by atoms with Crippen LogP contribution in [0.1, 0.15) is 35.9 Å². The maximum atomic E-state index is 12.0. The summed E-state index contributed by atoms with van der Waals surface area (Å²) < 4.78 is 4.93. The number of rotatable bonds is 7. The third-order valence-electron chi connectivity index (χ3n) is 3.41. The molecule has 2 atom stereocenters. The topological polar surface area (TPSA) is 51.2 Å². The number of nitrogens with zero attached hydrogens (tertiary/aromatic N) is 1. The first-order valence-electron chi connectivity index (χ1n) is 7.01. The average molecular weight is 304 g/mol. The molecule has 0 aliphatic carbocycles. The van der Waals surface area contributed by atoms with Crippen LogP contribution in [0.2, 0.25) is 0 Å². The SMILES string of the molecule is CCC(NCC(C(=O)OC)c1ccccc1)c1nccs1. The predicted molar refractivity (Wildman–Crippen MR) is 84.3 cm³/mol. The van der Waals surface area contributed by atoms with Crippen molar-refractivity contribution in [2.24, 2.45) is 0 Å². The number of benzene rings is 1. The Balaban J connectivity index is 2.07. The van der Waals surface area contributed by atoms with Crippen LogP contribution >= 0.6 is 11.3 Å². The molecule has 0 saturated heterocycles. The van der Waals surface area contributed by atoms with E-state index in [1.54, 1.807) is 17.5 Å². The van der Waals surface area contributed by atoms with Gasteiger partial charge in [-0.05, 0) is 12.0 Å². The molecule has 2 rings (SSSR count). The summed E-state index contributed by atoms with van der Waals surface area (Å²) in [4.78, 5) is 16.4. The van der Waals surface area contributed by atoms with Gasteiger partial charge in [-0.1, -0.05) is 37.3 Å². The van der Waals surface area contributed by atoms with Gasteiger partial charge in [-0.25, -0.2) is 4.98 Å². The van der Waals surface area contributed by atoms with Crippen LogP contribution in [0, 0.1) is 0 Å². The number of carbonyl (C=O) groups excluding carboxylic acids is 1. The third kappa shape index (κ3) is 4.12. The van der Waals surface area contributed by atoms with Crippen molar-refractivity contribution in [1.82, 2.24) is 10.3 Å². The lowest BCUT2D eigenvalue weighted by molar-refractivity contribution is -0.142. The molecule has 0 fully saturated rings. The summed E-state index contributed by atoms with van der Waals surface area (Å²) in [6.45, 7) is 2.64. The van der Waals surface area contributed by atoms with E-state index in [9.17, 15) is 4.79 Å². The Morgan fingerprint density at radius 2 is 2.14 bits per heavy atom. The number of ether oxygens (including phenoxy) is 1. The smallest absolute Gasteiger partial charge is 0.314 e. The predicted octanol–water partition coefficient (Wildman–Crippen LogP) is 3.14. The Morgan fingerprint density at radius 1 is 1.38 bits per heavy atom. The summed E-state index contributed by atoms with van der Waals surface area (Å²) in [5.41, 5.74) is 0.964. The summed E-state index contributed by atoms with van der Waals surface area (Å²) in [5.74, 6) is -0.520. The van der Waals surface area contributed by atoms with Gasteiger partial charge in [0.05, 0.1) is 19.1 Å². The third-order valence-corrected chi connectivity index (χ3v) is 4.30. The highest BCUT2D eigenvalue weighted by Gasteiger charge is 2.23. The molecule has 4 nitrogen and oxygen atoms in total. The quantitative estimate of drug-likeness (QED) is 0.798. The average Bonchev–Trinajstić information content (AvgIpc) is 3.06. The molecular formula is C16H20N2O2S. The van der Waals surface area contributed by atoms with Crippen molar-refractivity contribution in [3.63, 3.8) is 0 Å². The van der Waals surface area contributed by atoms with E-state index in [4.69, 9.17) is 4.74 Å².